The first kappa shape index (κ1) is 11.3. The summed E-state index contributed by atoms with van der Waals surface area (Å²) in [5.74, 6) is -0.551. The minimum Gasteiger partial charge on any atom is -0.299 e. The number of hydrogen-bond acceptors (Lipinski definition) is 3. The van der Waals surface area contributed by atoms with E-state index < -0.39 is 5.92 Å². The average molecular weight is 238 g/mol. The van der Waals surface area contributed by atoms with Crippen molar-refractivity contribution in [3.8, 4) is 0 Å². The van der Waals surface area contributed by atoms with Crippen LogP contribution in [0.25, 0.3) is 0 Å². The van der Waals surface area contributed by atoms with Gasteiger partial charge in [-0.3, -0.25) is 9.59 Å². The Balaban J connectivity index is 2.25. The molecule has 2 atom stereocenters. The Morgan fingerprint density at radius 3 is 2.81 bits per heavy atom. The first-order chi connectivity index (χ1) is 7.59. The highest BCUT2D eigenvalue weighted by molar-refractivity contribution is 8.00. The predicted octanol–water partition coefficient (Wildman–Crippen LogP) is 2.39. The standard InChI is InChI=1S/C12H11FO2S/c1-7(14)10-6-16-12(11(10)15)8-3-2-4-9(13)5-8/h2-5,10,12H,6H2,1H3. The molecule has 84 valence electrons. The van der Waals surface area contributed by atoms with Crippen molar-refractivity contribution in [3.63, 3.8) is 0 Å². The minimum atomic E-state index is -0.515. The van der Waals surface area contributed by atoms with Gasteiger partial charge in [-0.1, -0.05) is 12.1 Å². The van der Waals surface area contributed by atoms with Crippen molar-refractivity contribution < 1.29 is 14.0 Å². The molecule has 1 aromatic carbocycles. The van der Waals surface area contributed by atoms with E-state index in [-0.39, 0.29) is 22.6 Å². The molecule has 0 bridgehead atoms. The zero-order valence-electron chi connectivity index (χ0n) is 8.77. The number of rotatable bonds is 2. The molecule has 0 spiro atoms. The highest BCUT2D eigenvalue weighted by atomic mass is 32.2. The van der Waals surface area contributed by atoms with E-state index >= 15 is 0 Å². The summed E-state index contributed by atoms with van der Waals surface area (Å²) in [6.07, 6.45) is 0. The summed E-state index contributed by atoms with van der Waals surface area (Å²) in [7, 11) is 0. The summed E-state index contributed by atoms with van der Waals surface area (Å²) in [4.78, 5) is 23.1. The first-order valence-corrected chi connectivity index (χ1v) is 6.05. The Bertz CT molecular complexity index is 444. The second kappa shape index (κ2) is 4.37. The Hall–Kier alpha value is -1.16. The van der Waals surface area contributed by atoms with Gasteiger partial charge in [0.25, 0.3) is 0 Å². The number of halogens is 1. The van der Waals surface area contributed by atoms with Gasteiger partial charge in [0, 0.05) is 5.75 Å². The van der Waals surface area contributed by atoms with Gasteiger partial charge in [-0.25, -0.2) is 4.39 Å². The van der Waals surface area contributed by atoms with E-state index in [1.54, 1.807) is 12.1 Å². The van der Waals surface area contributed by atoms with E-state index in [9.17, 15) is 14.0 Å². The number of Topliss-reactive ketones (excluding diaryl/α,β-unsaturated/α-hetero) is 2. The number of carbonyl (C=O) groups is 2. The summed E-state index contributed by atoms with van der Waals surface area (Å²) in [6, 6.07) is 6.01. The van der Waals surface area contributed by atoms with Crippen LogP contribution in [0.4, 0.5) is 4.39 Å². The van der Waals surface area contributed by atoms with Crippen LogP contribution < -0.4 is 0 Å². The van der Waals surface area contributed by atoms with E-state index in [0.717, 1.165) is 0 Å². The van der Waals surface area contributed by atoms with Gasteiger partial charge in [-0.15, -0.1) is 11.8 Å². The molecule has 0 amide bonds. The quantitative estimate of drug-likeness (QED) is 0.742. The molecule has 1 aliphatic rings. The molecule has 1 aliphatic heterocycles. The lowest BCUT2D eigenvalue weighted by Crippen LogP contribution is -2.20. The molecule has 16 heavy (non-hydrogen) atoms. The normalized spacial score (nSPS) is 24.8. The molecule has 2 nitrogen and oxygen atoms in total. The van der Waals surface area contributed by atoms with Crippen LogP contribution in [0.2, 0.25) is 0 Å². The Kier molecular flexibility index (Phi) is 3.10. The van der Waals surface area contributed by atoms with E-state index in [4.69, 9.17) is 0 Å². The molecule has 0 aromatic heterocycles. The van der Waals surface area contributed by atoms with E-state index in [1.165, 1.54) is 30.8 Å². The number of thioether (sulfide) groups is 1. The maximum absolute atomic E-state index is 13.0. The summed E-state index contributed by atoms with van der Waals surface area (Å²) >= 11 is 1.41. The molecular formula is C12H11FO2S. The van der Waals surface area contributed by atoms with Crippen molar-refractivity contribution in [2.75, 3.05) is 5.75 Å². The molecule has 1 fully saturated rings. The third-order valence-electron chi connectivity index (χ3n) is 2.67. The summed E-state index contributed by atoms with van der Waals surface area (Å²) < 4.78 is 13.0. The Morgan fingerprint density at radius 2 is 2.25 bits per heavy atom. The van der Waals surface area contributed by atoms with Crippen molar-refractivity contribution in [2.24, 2.45) is 5.92 Å². The molecule has 1 aromatic rings. The van der Waals surface area contributed by atoms with Crippen LogP contribution in [-0.4, -0.2) is 17.3 Å². The van der Waals surface area contributed by atoms with Crippen molar-refractivity contribution in [2.45, 2.75) is 12.2 Å². The number of benzene rings is 1. The average Bonchev–Trinajstić information content (AvgIpc) is 2.60. The summed E-state index contributed by atoms with van der Waals surface area (Å²) in [6.45, 7) is 1.43. The Morgan fingerprint density at radius 1 is 1.50 bits per heavy atom. The maximum atomic E-state index is 13.0. The molecule has 0 aliphatic carbocycles. The fourth-order valence-electron chi connectivity index (χ4n) is 1.79. The van der Waals surface area contributed by atoms with Gasteiger partial charge < -0.3 is 0 Å². The molecule has 1 heterocycles. The smallest absolute Gasteiger partial charge is 0.161 e. The van der Waals surface area contributed by atoms with Crippen LogP contribution >= 0.6 is 11.8 Å². The molecule has 0 radical (unpaired) electrons. The minimum absolute atomic E-state index is 0.0944. The van der Waals surface area contributed by atoms with Crippen molar-refractivity contribution >= 4 is 23.3 Å². The molecule has 4 heteroatoms. The zero-order chi connectivity index (χ0) is 11.7. The fraction of sp³-hybridized carbons (Fsp3) is 0.333. The molecule has 0 N–H and O–H groups in total. The lowest BCUT2D eigenvalue weighted by molar-refractivity contribution is -0.129. The third-order valence-corrected chi connectivity index (χ3v) is 4.04. The monoisotopic (exact) mass is 238 g/mol. The van der Waals surface area contributed by atoms with Crippen LogP contribution in [0.5, 0.6) is 0 Å². The molecule has 0 saturated carbocycles. The van der Waals surface area contributed by atoms with Gasteiger partial charge in [0.15, 0.2) is 5.78 Å². The van der Waals surface area contributed by atoms with Gasteiger partial charge in [-0.05, 0) is 24.6 Å². The zero-order valence-corrected chi connectivity index (χ0v) is 9.59. The largest absolute Gasteiger partial charge is 0.299 e. The van der Waals surface area contributed by atoms with Gasteiger partial charge in [0.1, 0.15) is 11.6 Å². The van der Waals surface area contributed by atoms with Crippen molar-refractivity contribution in [1.29, 1.82) is 0 Å². The first-order valence-electron chi connectivity index (χ1n) is 5.01. The van der Waals surface area contributed by atoms with Gasteiger partial charge in [0.2, 0.25) is 0 Å². The third kappa shape index (κ3) is 2.02. The highest BCUT2D eigenvalue weighted by Crippen LogP contribution is 2.40. The Labute approximate surface area is 97.2 Å². The van der Waals surface area contributed by atoms with Crippen LogP contribution in [0.3, 0.4) is 0 Å². The second-order valence-corrected chi connectivity index (χ2v) is 4.97. The summed E-state index contributed by atoms with van der Waals surface area (Å²) in [5, 5.41) is -0.385. The van der Waals surface area contributed by atoms with E-state index in [1.807, 2.05) is 0 Å². The SMILES string of the molecule is CC(=O)C1CSC(c2cccc(F)c2)C1=O. The number of ketones is 2. The second-order valence-electron chi connectivity index (χ2n) is 3.83. The number of carbonyl (C=O) groups excluding carboxylic acids is 2. The van der Waals surface area contributed by atoms with Crippen LogP contribution in [0, 0.1) is 11.7 Å². The topological polar surface area (TPSA) is 34.1 Å². The number of hydrogen-bond donors (Lipinski definition) is 0. The van der Waals surface area contributed by atoms with Crippen molar-refractivity contribution in [1.82, 2.24) is 0 Å². The van der Waals surface area contributed by atoms with Gasteiger partial charge >= 0.3 is 0 Å². The molecule has 2 unspecified atom stereocenters. The van der Waals surface area contributed by atoms with Crippen LogP contribution in [-0.2, 0) is 9.59 Å². The van der Waals surface area contributed by atoms with Gasteiger partial charge in [0.05, 0.1) is 11.2 Å². The maximum Gasteiger partial charge on any atom is 0.161 e. The lowest BCUT2D eigenvalue weighted by atomic mass is 9.96. The van der Waals surface area contributed by atoms with E-state index in [2.05, 4.69) is 0 Å². The predicted molar refractivity (Wildman–Crippen MR) is 60.8 cm³/mol. The molecule has 2 rings (SSSR count). The van der Waals surface area contributed by atoms with Gasteiger partial charge in [-0.2, -0.15) is 0 Å². The van der Waals surface area contributed by atoms with Crippen LogP contribution in [0.15, 0.2) is 24.3 Å². The highest BCUT2D eigenvalue weighted by Gasteiger charge is 2.38. The van der Waals surface area contributed by atoms with E-state index in [0.29, 0.717) is 11.3 Å². The van der Waals surface area contributed by atoms with Crippen molar-refractivity contribution in [3.05, 3.63) is 35.6 Å². The fourth-order valence-corrected chi connectivity index (χ4v) is 3.24. The molecule has 1 saturated heterocycles. The van der Waals surface area contributed by atoms with Crippen LogP contribution in [0.1, 0.15) is 17.7 Å². The lowest BCUT2D eigenvalue weighted by Gasteiger charge is -2.08. The molecular weight excluding hydrogens is 227 g/mol. The summed E-state index contributed by atoms with van der Waals surface area (Å²) in [5.41, 5.74) is 0.652.